The highest BCUT2D eigenvalue weighted by Crippen LogP contribution is 2.18. The van der Waals surface area contributed by atoms with E-state index in [0.29, 0.717) is 13.1 Å². The Labute approximate surface area is 170 Å². The van der Waals surface area contributed by atoms with Gasteiger partial charge in [0.2, 0.25) is 21.8 Å². The molecule has 4 N–H and O–H groups in total. The van der Waals surface area contributed by atoms with Crippen LogP contribution in [0, 0.1) is 0 Å². The Morgan fingerprint density at radius 2 is 1.72 bits per heavy atom. The highest BCUT2D eigenvalue weighted by atomic mass is 32.2. The van der Waals surface area contributed by atoms with Gasteiger partial charge in [-0.3, -0.25) is 9.59 Å². The van der Waals surface area contributed by atoms with Crippen LogP contribution in [0.2, 0.25) is 0 Å². The predicted molar refractivity (Wildman–Crippen MR) is 111 cm³/mol. The molecule has 0 bridgehead atoms. The van der Waals surface area contributed by atoms with E-state index in [1.807, 2.05) is 24.3 Å². The van der Waals surface area contributed by atoms with Crippen LogP contribution in [0.1, 0.15) is 19.3 Å². The second kappa shape index (κ2) is 9.34. The number of nitrogens with zero attached hydrogens (tertiary/aromatic N) is 1. The Hall–Kier alpha value is -2.49. The van der Waals surface area contributed by atoms with Crippen molar-refractivity contribution in [3.05, 3.63) is 42.5 Å². The molecule has 0 saturated carbocycles. The molecule has 156 valence electrons. The van der Waals surface area contributed by atoms with Gasteiger partial charge in [-0.25, -0.2) is 13.1 Å². The van der Waals surface area contributed by atoms with Crippen molar-refractivity contribution < 1.29 is 18.0 Å². The molecule has 0 aromatic heterocycles. The number of fused-ring (bicyclic) bond motifs is 1. The van der Waals surface area contributed by atoms with E-state index in [0.717, 1.165) is 30.0 Å². The number of carbonyl (C=O) groups is 2. The van der Waals surface area contributed by atoms with E-state index >= 15 is 0 Å². The minimum absolute atomic E-state index is 0.0432. The highest BCUT2D eigenvalue weighted by molar-refractivity contribution is 7.89. The highest BCUT2D eigenvalue weighted by Gasteiger charge is 2.26. The number of hydrogen-bond acceptors (Lipinski definition) is 5. The summed E-state index contributed by atoms with van der Waals surface area (Å²) in [6.07, 6.45) is 2.95. The summed E-state index contributed by atoms with van der Waals surface area (Å²) in [7, 11) is -3.87. The average molecular weight is 419 g/mol. The minimum Gasteiger partial charge on any atom is -0.342 e. The zero-order valence-corrected chi connectivity index (χ0v) is 17.0. The number of benzene rings is 2. The molecule has 1 aliphatic rings. The number of likely N-dealkylation sites (tertiary alicyclic amines) is 1. The first-order chi connectivity index (χ1) is 13.9. The van der Waals surface area contributed by atoms with Crippen LogP contribution in [0.25, 0.3) is 10.8 Å². The molecular weight excluding hydrogens is 392 g/mol. The van der Waals surface area contributed by atoms with Crippen LogP contribution >= 0.6 is 0 Å². The minimum atomic E-state index is -3.87. The number of nitrogens with two attached hydrogens (primary N) is 1. The average Bonchev–Trinajstić information content (AvgIpc) is 2.76. The van der Waals surface area contributed by atoms with Gasteiger partial charge in [-0.1, -0.05) is 30.3 Å². The van der Waals surface area contributed by atoms with Crippen molar-refractivity contribution in [3.63, 3.8) is 0 Å². The van der Waals surface area contributed by atoms with Crippen molar-refractivity contribution in [1.29, 1.82) is 0 Å². The van der Waals surface area contributed by atoms with Crippen LogP contribution in [-0.4, -0.2) is 57.4 Å². The van der Waals surface area contributed by atoms with Crippen LogP contribution in [0.4, 0.5) is 0 Å². The van der Waals surface area contributed by atoms with Crippen molar-refractivity contribution >= 4 is 32.6 Å². The van der Waals surface area contributed by atoms with E-state index < -0.39 is 28.5 Å². The summed E-state index contributed by atoms with van der Waals surface area (Å²) in [6.45, 7) is 0.789. The van der Waals surface area contributed by atoms with Crippen LogP contribution in [0.3, 0.4) is 0 Å². The number of piperidine rings is 1. The predicted octanol–water partition coefficient (Wildman–Crippen LogP) is 0.574. The number of hydrogen-bond donors (Lipinski definition) is 3. The monoisotopic (exact) mass is 418 g/mol. The summed E-state index contributed by atoms with van der Waals surface area (Å²) in [5.74, 6) is -0.826. The SMILES string of the molecule is NCC(NC(=O)CNS(=O)(=O)c1ccc2ccccc2c1)C(=O)N1CCCCC1. The Kier molecular flexibility index (Phi) is 6.83. The lowest BCUT2D eigenvalue weighted by molar-refractivity contribution is -0.136. The molecule has 2 amide bonds. The van der Waals surface area contributed by atoms with Gasteiger partial charge in [0, 0.05) is 19.6 Å². The van der Waals surface area contributed by atoms with Crippen LogP contribution in [0.15, 0.2) is 47.4 Å². The molecule has 1 heterocycles. The maximum absolute atomic E-state index is 12.5. The fraction of sp³-hybridized carbons (Fsp3) is 0.400. The molecule has 2 aromatic carbocycles. The molecule has 0 radical (unpaired) electrons. The van der Waals surface area contributed by atoms with Gasteiger partial charge in [0.05, 0.1) is 11.4 Å². The van der Waals surface area contributed by atoms with Gasteiger partial charge in [0.15, 0.2) is 0 Å². The molecule has 1 fully saturated rings. The number of nitrogens with one attached hydrogen (secondary N) is 2. The van der Waals surface area contributed by atoms with Crippen molar-refractivity contribution in [2.24, 2.45) is 5.73 Å². The third-order valence-corrected chi connectivity index (χ3v) is 6.39. The number of amides is 2. The molecule has 1 unspecified atom stereocenters. The zero-order chi connectivity index (χ0) is 20.9. The lowest BCUT2D eigenvalue weighted by Gasteiger charge is -2.30. The summed E-state index contributed by atoms with van der Waals surface area (Å²) in [4.78, 5) is 26.5. The molecule has 2 aromatic rings. The quantitative estimate of drug-likeness (QED) is 0.607. The lowest BCUT2D eigenvalue weighted by Crippen LogP contribution is -2.54. The molecular formula is C20H26N4O4S. The third kappa shape index (κ3) is 5.31. The zero-order valence-electron chi connectivity index (χ0n) is 16.1. The molecule has 9 heteroatoms. The van der Waals surface area contributed by atoms with Gasteiger partial charge in [0.25, 0.3) is 0 Å². The third-order valence-electron chi connectivity index (χ3n) is 4.99. The van der Waals surface area contributed by atoms with Crippen LogP contribution < -0.4 is 15.8 Å². The fourth-order valence-corrected chi connectivity index (χ4v) is 4.40. The van der Waals surface area contributed by atoms with E-state index in [9.17, 15) is 18.0 Å². The Bertz CT molecular complexity index is 987. The number of sulfonamides is 1. The van der Waals surface area contributed by atoms with E-state index in [1.165, 1.54) is 6.07 Å². The van der Waals surface area contributed by atoms with Gasteiger partial charge in [-0.2, -0.15) is 0 Å². The van der Waals surface area contributed by atoms with Crippen molar-refractivity contribution in [1.82, 2.24) is 14.9 Å². The maximum Gasteiger partial charge on any atom is 0.246 e. The summed E-state index contributed by atoms with van der Waals surface area (Å²) < 4.78 is 27.3. The fourth-order valence-electron chi connectivity index (χ4n) is 3.38. The first-order valence-electron chi connectivity index (χ1n) is 9.67. The van der Waals surface area contributed by atoms with E-state index in [-0.39, 0.29) is 17.3 Å². The lowest BCUT2D eigenvalue weighted by atomic mass is 10.1. The number of carbonyl (C=O) groups excluding carboxylic acids is 2. The molecule has 1 saturated heterocycles. The first-order valence-corrected chi connectivity index (χ1v) is 11.2. The van der Waals surface area contributed by atoms with E-state index in [1.54, 1.807) is 17.0 Å². The van der Waals surface area contributed by atoms with E-state index in [4.69, 9.17) is 5.73 Å². The summed E-state index contributed by atoms with van der Waals surface area (Å²) in [5, 5.41) is 4.24. The van der Waals surface area contributed by atoms with Crippen LogP contribution in [0.5, 0.6) is 0 Å². The van der Waals surface area contributed by atoms with Gasteiger partial charge in [-0.05, 0) is 42.2 Å². The van der Waals surface area contributed by atoms with Gasteiger partial charge in [0.1, 0.15) is 6.04 Å². The summed E-state index contributed by atoms with van der Waals surface area (Å²) in [6, 6.07) is 11.3. The first kappa shape index (κ1) is 21.2. The molecule has 8 nitrogen and oxygen atoms in total. The van der Waals surface area contributed by atoms with E-state index in [2.05, 4.69) is 10.0 Å². The molecule has 0 spiro atoms. The van der Waals surface area contributed by atoms with Crippen molar-refractivity contribution in [2.45, 2.75) is 30.2 Å². The van der Waals surface area contributed by atoms with Crippen molar-refractivity contribution in [3.8, 4) is 0 Å². The second-order valence-corrected chi connectivity index (χ2v) is 8.84. The largest absolute Gasteiger partial charge is 0.342 e. The van der Waals surface area contributed by atoms with Crippen molar-refractivity contribution in [2.75, 3.05) is 26.2 Å². The van der Waals surface area contributed by atoms with Gasteiger partial charge in [-0.15, -0.1) is 0 Å². The topological polar surface area (TPSA) is 122 Å². The molecule has 29 heavy (non-hydrogen) atoms. The molecule has 0 aliphatic carbocycles. The van der Waals surface area contributed by atoms with Gasteiger partial charge >= 0.3 is 0 Å². The maximum atomic E-state index is 12.5. The number of rotatable bonds is 7. The molecule has 1 aliphatic heterocycles. The molecule has 1 atom stereocenters. The molecule has 3 rings (SSSR count). The van der Waals surface area contributed by atoms with Crippen LogP contribution in [-0.2, 0) is 19.6 Å². The standard InChI is InChI=1S/C20H26N4O4S/c21-13-18(20(26)24-10-4-1-5-11-24)23-19(25)14-22-29(27,28)17-9-8-15-6-2-3-7-16(15)12-17/h2-3,6-9,12,18,22H,1,4-5,10-11,13-14,21H2,(H,23,25). The summed E-state index contributed by atoms with van der Waals surface area (Å²) in [5.41, 5.74) is 5.65. The Morgan fingerprint density at radius 3 is 2.41 bits per heavy atom. The Balaban J connectivity index is 1.59. The normalized spacial score (nSPS) is 15.8. The second-order valence-electron chi connectivity index (χ2n) is 7.08. The smallest absolute Gasteiger partial charge is 0.246 e. The van der Waals surface area contributed by atoms with Gasteiger partial charge < -0.3 is 16.0 Å². The summed E-state index contributed by atoms with van der Waals surface area (Å²) >= 11 is 0. The Morgan fingerprint density at radius 1 is 1.03 bits per heavy atom.